The Kier molecular flexibility index (Phi) is 4.74. The number of hydrogen-bond acceptors (Lipinski definition) is 3. The Balaban J connectivity index is 2.65. The van der Waals surface area contributed by atoms with Gasteiger partial charge in [0.05, 0.1) is 6.42 Å². The fraction of sp³-hybridized carbons (Fsp3) is 0.917. The van der Waals surface area contributed by atoms with Gasteiger partial charge in [0.15, 0.2) is 0 Å². The standard InChI is InChI=1S/C12H24N2O2/c1-9(2)13-5-6-14(10(3)4)11(8-13)7-12(15)16/h9-11H,5-8H2,1-4H3,(H,15,16)/t11-/m1/s1. The van der Waals surface area contributed by atoms with Crippen molar-refractivity contribution in [1.82, 2.24) is 9.80 Å². The van der Waals surface area contributed by atoms with Gasteiger partial charge in [0.25, 0.3) is 0 Å². The summed E-state index contributed by atoms with van der Waals surface area (Å²) in [5.41, 5.74) is 0. The molecule has 0 aliphatic carbocycles. The molecule has 0 amide bonds. The van der Waals surface area contributed by atoms with Gasteiger partial charge >= 0.3 is 5.97 Å². The molecule has 0 aromatic heterocycles. The van der Waals surface area contributed by atoms with Crippen molar-refractivity contribution in [3.63, 3.8) is 0 Å². The van der Waals surface area contributed by atoms with Gasteiger partial charge in [0, 0.05) is 37.8 Å². The first-order valence-corrected chi connectivity index (χ1v) is 6.13. The maximum atomic E-state index is 10.9. The number of rotatable bonds is 4. The zero-order valence-electron chi connectivity index (χ0n) is 10.8. The third-order valence-electron chi connectivity index (χ3n) is 3.36. The zero-order chi connectivity index (χ0) is 12.3. The van der Waals surface area contributed by atoms with Gasteiger partial charge in [-0.2, -0.15) is 0 Å². The number of piperazine rings is 1. The van der Waals surface area contributed by atoms with Gasteiger partial charge in [0.1, 0.15) is 0 Å². The molecule has 0 radical (unpaired) electrons. The van der Waals surface area contributed by atoms with Gasteiger partial charge < -0.3 is 5.11 Å². The smallest absolute Gasteiger partial charge is 0.304 e. The Morgan fingerprint density at radius 1 is 1.25 bits per heavy atom. The summed E-state index contributed by atoms with van der Waals surface area (Å²) >= 11 is 0. The van der Waals surface area contributed by atoms with Crippen LogP contribution in [0.2, 0.25) is 0 Å². The first kappa shape index (κ1) is 13.5. The Morgan fingerprint density at radius 2 is 1.88 bits per heavy atom. The van der Waals surface area contributed by atoms with Crippen LogP contribution in [0.15, 0.2) is 0 Å². The molecule has 1 heterocycles. The van der Waals surface area contributed by atoms with Crippen molar-refractivity contribution in [2.45, 2.75) is 52.2 Å². The maximum absolute atomic E-state index is 10.9. The van der Waals surface area contributed by atoms with Gasteiger partial charge in [-0.05, 0) is 27.7 Å². The number of nitrogens with zero attached hydrogens (tertiary/aromatic N) is 2. The second-order valence-electron chi connectivity index (χ2n) is 5.17. The summed E-state index contributed by atoms with van der Waals surface area (Å²) in [6, 6.07) is 1.10. The predicted octanol–water partition coefficient (Wildman–Crippen LogP) is 1.26. The lowest BCUT2D eigenvalue weighted by Crippen LogP contribution is -2.57. The fourth-order valence-corrected chi connectivity index (χ4v) is 2.43. The van der Waals surface area contributed by atoms with Crippen molar-refractivity contribution in [2.24, 2.45) is 0 Å². The molecule has 1 aliphatic rings. The van der Waals surface area contributed by atoms with Gasteiger partial charge in [-0.15, -0.1) is 0 Å². The molecule has 0 unspecified atom stereocenters. The predicted molar refractivity (Wildman–Crippen MR) is 64.6 cm³/mol. The first-order chi connectivity index (χ1) is 7.41. The zero-order valence-corrected chi connectivity index (χ0v) is 10.8. The molecule has 4 nitrogen and oxygen atoms in total. The summed E-state index contributed by atoms with van der Waals surface area (Å²) in [5.74, 6) is -0.693. The first-order valence-electron chi connectivity index (χ1n) is 6.13. The van der Waals surface area contributed by atoms with Crippen LogP contribution in [0.3, 0.4) is 0 Å². The van der Waals surface area contributed by atoms with E-state index < -0.39 is 5.97 Å². The quantitative estimate of drug-likeness (QED) is 0.787. The minimum Gasteiger partial charge on any atom is -0.481 e. The lowest BCUT2D eigenvalue weighted by molar-refractivity contribution is -0.139. The highest BCUT2D eigenvalue weighted by atomic mass is 16.4. The molecule has 0 aromatic carbocycles. The van der Waals surface area contributed by atoms with Crippen molar-refractivity contribution >= 4 is 5.97 Å². The molecule has 4 heteroatoms. The van der Waals surface area contributed by atoms with Crippen molar-refractivity contribution in [2.75, 3.05) is 19.6 Å². The average Bonchev–Trinajstić information content (AvgIpc) is 2.15. The summed E-state index contributed by atoms with van der Waals surface area (Å²) in [6.45, 7) is 11.5. The molecule has 1 atom stereocenters. The van der Waals surface area contributed by atoms with Crippen molar-refractivity contribution in [3.05, 3.63) is 0 Å². The molecule has 1 rings (SSSR count). The van der Waals surface area contributed by atoms with Gasteiger partial charge in [-0.1, -0.05) is 0 Å². The molecule has 1 N–H and O–H groups in total. The Morgan fingerprint density at radius 3 is 2.31 bits per heavy atom. The monoisotopic (exact) mass is 228 g/mol. The van der Waals surface area contributed by atoms with Crippen molar-refractivity contribution in [1.29, 1.82) is 0 Å². The van der Waals surface area contributed by atoms with E-state index in [0.717, 1.165) is 19.6 Å². The molecular formula is C12H24N2O2. The van der Waals surface area contributed by atoms with E-state index in [4.69, 9.17) is 5.11 Å². The third kappa shape index (κ3) is 3.46. The minimum absolute atomic E-state index is 0.161. The highest BCUT2D eigenvalue weighted by Gasteiger charge is 2.30. The molecule has 94 valence electrons. The summed E-state index contributed by atoms with van der Waals surface area (Å²) in [7, 11) is 0. The molecule has 0 bridgehead atoms. The minimum atomic E-state index is -0.693. The number of aliphatic carboxylic acids is 1. The fourth-order valence-electron chi connectivity index (χ4n) is 2.43. The topological polar surface area (TPSA) is 43.8 Å². The van der Waals surface area contributed by atoms with Crippen LogP contribution in [0.25, 0.3) is 0 Å². The van der Waals surface area contributed by atoms with Gasteiger partial charge in [-0.25, -0.2) is 0 Å². The largest absolute Gasteiger partial charge is 0.481 e. The third-order valence-corrected chi connectivity index (χ3v) is 3.36. The van der Waals surface area contributed by atoms with Crippen LogP contribution < -0.4 is 0 Å². The lowest BCUT2D eigenvalue weighted by atomic mass is 10.1. The number of carboxylic acid groups (broad SMARTS) is 1. The second kappa shape index (κ2) is 5.64. The van der Waals surface area contributed by atoms with E-state index in [1.54, 1.807) is 0 Å². The summed E-state index contributed by atoms with van der Waals surface area (Å²) in [5, 5.41) is 8.94. The van der Waals surface area contributed by atoms with Gasteiger partial charge in [-0.3, -0.25) is 14.6 Å². The molecule has 0 aromatic rings. The van der Waals surface area contributed by atoms with Crippen molar-refractivity contribution < 1.29 is 9.90 Å². The number of carboxylic acids is 1. The Hall–Kier alpha value is -0.610. The summed E-state index contributed by atoms with van der Waals surface area (Å²) in [4.78, 5) is 15.5. The Bertz CT molecular complexity index is 241. The molecule has 1 fully saturated rings. The number of carbonyl (C=O) groups is 1. The molecular weight excluding hydrogens is 204 g/mol. The lowest BCUT2D eigenvalue weighted by Gasteiger charge is -2.44. The molecule has 1 aliphatic heterocycles. The van der Waals surface area contributed by atoms with E-state index in [-0.39, 0.29) is 12.5 Å². The molecule has 16 heavy (non-hydrogen) atoms. The Labute approximate surface area is 98.2 Å². The van der Waals surface area contributed by atoms with Crippen LogP contribution in [0.4, 0.5) is 0 Å². The second-order valence-corrected chi connectivity index (χ2v) is 5.17. The van der Waals surface area contributed by atoms with Crippen LogP contribution in [-0.2, 0) is 4.79 Å². The molecule has 0 saturated carbocycles. The van der Waals surface area contributed by atoms with Gasteiger partial charge in [0.2, 0.25) is 0 Å². The van der Waals surface area contributed by atoms with Crippen LogP contribution in [0.1, 0.15) is 34.1 Å². The summed E-state index contributed by atoms with van der Waals surface area (Å²) < 4.78 is 0. The van der Waals surface area contributed by atoms with E-state index in [9.17, 15) is 4.79 Å². The van der Waals surface area contributed by atoms with Crippen LogP contribution in [0.5, 0.6) is 0 Å². The summed E-state index contributed by atoms with van der Waals surface area (Å²) in [6.07, 6.45) is 0.251. The highest BCUT2D eigenvalue weighted by Crippen LogP contribution is 2.17. The van der Waals surface area contributed by atoms with E-state index in [1.165, 1.54) is 0 Å². The maximum Gasteiger partial charge on any atom is 0.304 e. The van der Waals surface area contributed by atoms with Crippen LogP contribution in [0, 0.1) is 0 Å². The van der Waals surface area contributed by atoms with Crippen LogP contribution >= 0.6 is 0 Å². The molecule has 0 spiro atoms. The van der Waals surface area contributed by atoms with Crippen LogP contribution in [-0.4, -0.2) is 58.6 Å². The van der Waals surface area contributed by atoms with E-state index in [0.29, 0.717) is 12.1 Å². The van der Waals surface area contributed by atoms with Crippen molar-refractivity contribution in [3.8, 4) is 0 Å². The SMILES string of the molecule is CC(C)N1CCN(C(C)C)[C@H](CC(=O)O)C1. The van der Waals surface area contributed by atoms with E-state index >= 15 is 0 Å². The number of hydrogen-bond donors (Lipinski definition) is 1. The normalized spacial score (nSPS) is 24.2. The highest BCUT2D eigenvalue weighted by molar-refractivity contribution is 5.67. The van der Waals surface area contributed by atoms with E-state index in [1.807, 2.05) is 0 Å². The average molecular weight is 228 g/mol. The molecule has 1 saturated heterocycles. The van der Waals surface area contributed by atoms with E-state index in [2.05, 4.69) is 37.5 Å².